The van der Waals surface area contributed by atoms with Crippen LogP contribution in [0, 0.1) is 6.92 Å². The Bertz CT molecular complexity index is 456. The van der Waals surface area contributed by atoms with Gasteiger partial charge in [-0.25, -0.2) is 0 Å². The molecule has 1 aliphatic rings. The van der Waals surface area contributed by atoms with Crippen molar-refractivity contribution in [1.29, 1.82) is 0 Å². The van der Waals surface area contributed by atoms with Crippen LogP contribution in [-0.4, -0.2) is 30.7 Å². The van der Waals surface area contributed by atoms with Crippen molar-refractivity contribution < 1.29 is 9.53 Å². The highest BCUT2D eigenvalue weighted by Crippen LogP contribution is 2.23. The maximum absolute atomic E-state index is 12.2. The number of amides is 1. The molecule has 1 amide bonds. The Kier molecular flexibility index (Phi) is 4.60. The average Bonchev–Trinajstić information content (AvgIpc) is 2.34. The number of nitrogens with one attached hydrogen (secondary N) is 1. The minimum absolute atomic E-state index is 0.0197. The molecule has 1 aromatic carbocycles. The fourth-order valence-corrected chi connectivity index (χ4v) is 2.94. The summed E-state index contributed by atoms with van der Waals surface area (Å²) in [4.78, 5) is 12.2. The third-order valence-electron chi connectivity index (χ3n) is 3.35. The summed E-state index contributed by atoms with van der Waals surface area (Å²) in [6.07, 6.45) is 0.841. The van der Waals surface area contributed by atoms with E-state index in [9.17, 15) is 4.79 Å². The van der Waals surface area contributed by atoms with Gasteiger partial charge in [0.2, 0.25) is 0 Å². The van der Waals surface area contributed by atoms with Crippen molar-refractivity contribution in [3.8, 4) is 0 Å². The van der Waals surface area contributed by atoms with Gasteiger partial charge in [-0.2, -0.15) is 0 Å². The molecule has 104 valence electrons. The SMILES string of the molecule is CCOC1CC(N)C1NC(=O)c1cc(C)cc(Br)c1. The molecule has 0 spiro atoms. The Balaban J connectivity index is 2.04. The minimum Gasteiger partial charge on any atom is -0.376 e. The Morgan fingerprint density at radius 1 is 1.53 bits per heavy atom. The Labute approximate surface area is 121 Å². The minimum atomic E-state index is -0.103. The van der Waals surface area contributed by atoms with Crippen molar-refractivity contribution in [2.24, 2.45) is 5.73 Å². The highest BCUT2D eigenvalue weighted by molar-refractivity contribution is 9.10. The van der Waals surface area contributed by atoms with Crippen molar-refractivity contribution in [1.82, 2.24) is 5.32 Å². The normalized spacial score (nSPS) is 25.8. The van der Waals surface area contributed by atoms with E-state index in [1.54, 1.807) is 0 Å². The van der Waals surface area contributed by atoms with E-state index in [0.29, 0.717) is 12.2 Å². The first-order chi connectivity index (χ1) is 9.01. The van der Waals surface area contributed by atoms with E-state index in [2.05, 4.69) is 21.2 Å². The zero-order valence-corrected chi connectivity index (χ0v) is 12.7. The quantitative estimate of drug-likeness (QED) is 0.889. The zero-order chi connectivity index (χ0) is 14.0. The number of hydrogen-bond donors (Lipinski definition) is 2. The van der Waals surface area contributed by atoms with Crippen LogP contribution in [-0.2, 0) is 4.74 Å². The van der Waals surface area contributed by atoms with Crippen molar-refractivity contribution in [2.75, 3.05) is 6.61 Å². The lowest BCUT2D eigenvalue weighted by atomic mass is 9.83. The van der Waals surface area contributed by atoms with Crippen LogP contribution in [0.15, 0.2) is 22.7 Å². The van der Waals surface area contributed by atoms with Crippen LogP contribution in [0.5, 0.6) is 0 Å². The molecule has 0 heterocycles. The molecule has 0 aliphatic heterocycles. The molecule has 0 bridgehead atoms. The first-order valence-corrected chi connectivity index (χ1v) is 7.25. The van der Waals surface area contributed by atoms with Crippen molar-refractivity contribution in [3.05, 3.63) is 33.8 Å². The van der Waals surface area contributed by atoms with Gasteiger partial charge in [-0.3, -0.25) is 4.79 Å². The Hall–Kier alpha value is -0.910. The average molecular weight is 327 g/mol. The number of nitrogens with two attached hydrogens (primary N) is 1. The molecule has 0 aromatic heterocycles. The molecule has 0 saturated heterocycles. The van der Waals surface area contributed by atoms with Crippen LogP contribution in [0.4, 0.5) is 0 Å². The number of rotatable bonds is 4. The number of carbonyl (C=O) groups is 1. The summed E-state index contributed by atoms with van der Waals surface area (Å²) in [5.74, 6) is -0.103. The molecule has 1 fully saturated rings. The number of ether oxygens (including phenoxy) is 1. The summed E-state index contributed by atoms with van der Waals surface area (Å²) in [7, 11) is 0. The van der Waals surface area contributed by atoms with Crippen LogP contribution >= 0.6 is 15.9 Å². The van der Waals surface area contributed by atoms with Crippen molar-refractivity contribution in [3.63, 3.8) is 0 Å². The zero-order valence-electron chi connectivity index (χ0n) is 11.2. The lowest BCUT2D eigenvalue weighted by Gasteiger charge is -2.42. The fraction of sp³-hybridized carbons (Fsp3) is 0.500. The van der Waals surface area contributed by atoms with Gasteiger partial charge in [-0.05, 0) is 44.0 Å². The van der Waals surface area contributed by atoms with Crippen molar-refractivity contribution >= 4 is 21.8 Å². The van der Waals surface area contributed by atoms with Gasteiger partial charge >= 0.3 is 0 Å². The third-order valence-corrected chi connectivity index (χ3v) is 3.81. The maximum atomic E-state index is 12.2. The molecule has 4 nitrogen and oxygen atoms in total. The van der Waals surface area contributed by atoms with E-state index in [1.807, 2.05) is 32.0 Å². The highest BCUT2D eigenvalue weighted by Gasteiger charge is 2.40. The summed E-state index contributed by atoms with van der Waals surface area (Å²) in [6.45, 7) is 4.54. The lowest BCUT2D eigenvalue weighted by molar-refractivity contribution is -0.0300. The molecule has 2 rings (SSSR count). The largest absolute Gasteiger partial charge is 0.376 e. The van der Waals surface area contributed by atoms with Gasteiger partial charge in [0.05, 0.1) is 12.1 Å². The smallest absolute Gasteiger partial charge is 0.251 e. The number of halogens is 1. The molecule has 5 heteroatoms. The lowest BCUT2D eigenvalue weighted by Crippen LogP contribution is -2.64. The van der Waals surface area contributed by atoms with Gasteiger partial charge in [0, 0.05) is 22.7 Å². The van der Waals surface area contributed by atoms with E-state index >= 15 is 0 Å². The highest BCUT2D eigenvalue weighted by atomic mass is 79.9. The number of aryl methyl sites for hydroxylation is 1. The monoisotopic (exact) mass is 326 g/mol. The molecule has 3 unspecified atom stereocenters. The van der Waals surface area contributed by atoms with E-state index in [1.165, 1.54) is 0 Å². The summed E-state index contributed by atoms with van der Waals surface area (Å²) < 4.78 is 6.44. The first-order valence-electron chi connectivity index (χ1n) is 6.46. The van der Waals surface area contributed by atoms with Crippen LogP contribution in [0.2, 0.25) is 0 Å². The van der Waals surface area contributed by atoms with E-state index in [-0.39, 0.29) is 24.1 Å². The van der Waals surface area contributed by atoms with Gasteiger partial charge in [-0.15, -0.1) is 0 Å². The third kappa shape index (κ3) is 3.35. The number of hydrogen-bond acceptors (Lipinski definition) is 3. The standard InChI is InChI=1S/C14H19BrN2O2/c1-3-19-12-7-11(16)13(12)17-14(18)9-4-8(2)5-10(15)6-9/h4-6,11-13H,3,7,16H2,1-2H3,(H,17,18). The second-order valence-corrected chi connectivity index (χ2v) is 5.83. The second-order valence-electron chi connectivity index (χ2n) is 4.91. The van der Waals surface area contributed by atoms with E-state index in [0.717, 1.165) is 16.5 Å². The molecular formula is C14H19BrN2O2. The topological polar surface area (TPSA) is 64.3 Å². The van der Waals surface area contributed by atoms with E-state index < -0.39 is 0 Å². The molecule has 3 N–H and O–H groups in total. The van der Waals surface area contributed by atoms with Crippen LogP contribution in [0.25, 0.3) is 0 Å². The molecule has 0 radical (unpaired) electrons. The first kappa shape index (κ1) is 14.5. The van der Waals surface area contributed by atoms with Gasteiger partial charge in [-0.1, -0.05) is 15.9 Å². The van der Waals surface area contributed by atoms with Crippen LogP contribution in [0.1, 0.15) is 29.3 Å². The molecule has 19 heavy (non-hydrogen) atoms. The molecule has 1 aliphatic carbocycles. The summed E-state index contributed by atoms with van der Waals surface area (Å²) in [5, 5.41) is 2.96. The Morgan fingerprint density at radius 3 is 2.84 bits per heavy atom. The predicted octanol–water partition coefficient (Wildman–Crippen LogP) is 1.99. The molecule has 3 atom stereocenters. The number of benzene rings is 1. The van der Waals surface area contributed by atoms with Gasteiger partial charge in [0.1, 0.15) is 0 Å². The second kappa shape index (κ2) is 6.03. The van der Waals surface area contributed by atoms with Crippen LogP contribution < -0.4 is 11.1 Å². The van der Waals surface area contributed by atoms with Gasteiger partial charge < -0.3 is 15.8 Å². The van der Waals surface area contributed by atoms with E-state index in [4.69, 9.17) is 10.5 Å². The predicted molar refractivity (Wildman–Crippen MR) is 78.1 cm³/mol. The summed E-state index contributed by atoms with van der Waals surface area (Å²) in [5.41, 5.74) is 7.61. The molecule has 1 aromatic rings. The van der Waals surface area contributed by atoms with Gasteiger partial charge in [0.15, 0.2) is 0 Å². The van der Waals surface area contributed by atoms with Gasteiger partial charge in [0.25, 0.3) is 5.91 Å². The van der Waals surface area contributed by atoms with Crippen molar-refractivity contribution in [2.45, 2.75) is 38.5 Å². The summed E-state index contributed by atoms with van der Waals surface area (Å²) >= 11 is 3.40. The number of carbonyl (C=O) groups excluding carboxylic acids is 1. The summed E-state index contributed by atoms with van der Waals surface area (Å²) in [6, 6.07) is 5.53. The van der Waals surface area contributed by atoms with Crippen LogP contribution in [0.3, 0.4) is 0 Å². The maximum Gasteiger partial charge on any atom is 0.251 e. The molecule has 1 saturated carbocycles. The fourth-order valence-electron chi connectivity index (χ4n) is 2.33. The Morgan fingerprint density at radius 2 is 2.26 bits per heavy atom. The molecular weight excluding hydrogens is 308 g/mol.